The molecule has 0 fully saturated rings. The van der Waals surface area contributed by atoms with E-state index in [0.29, 0.717) is 6.42 Å². The Labute approximate surface area is 165 Å². The molecular formula is C23H40O4. The molecule has 0 saturated carbocycles. The fourth-order valence-electron chi connectivity index (χ4n) is 2.66. The van der Waals surface area contributed by atoms with Crippen LogP contribution >= 0.6 is 0 Å². The predicted molar refractivity (Wildman–Crippen MR) is 113 cm³/mol. The Kier molecular flexibility index (Phi) is 17.3. The summed E-state index contributed by atoms with van der Waals surface area (Å²) in [6.45, 7) is 0.766. The van der Waals surface area contributed by atoms with Gasteiger partial charge in [0.1, 0.15) is 0 Å². The summed E-state index contributed by atoms with van der Waals surface area (Å²) in [4.78, 5) is 11.7. The second kappa shape index (κ2) is 18.1. The van der Waals surface area contributed by atoms with E-state index in [1.807, 2.05) is 6.08 Å². The first kappa shape index (κ1) is 25.8. The molecular weight excluding hydrogens is 340 g/mol. The van der Waals surface area contributed by atoms with Crippen LogP contribution in [0.2, 0.25) is 0 Å². The second-order valence-electron chi connectivity index (χ2n) is 7.11. The Morgan fingerprint density at radius 1 is 0.741 bits per heavy atom. The molecule has 4 nitrogen and oxygen atoms in total. The van der Waals surface area contributed by atoms with E-state index in [1.165, 1.54) is 44.9 Å². The third kappa shape index (κ3) is 14.5. The van der Waals surface area contributed by atoms with Crippen molar-refractivity contribution in [1.82, 2.24) is 0 Å². The number of hydrogen-bond donors (Lipinski definition) is 3. The van der Waals surface area contributed by atoms with E-state index in [9.17, 15) is 9.90 Å². The van der Waals surface area contributed by atoms with Crippen molar-refractivity contribution in [1.29, 1.82) is 0 Å². The van der Waals surface area contributed by atoms with Crippen molar-refractivity contribution in [3.8, 4) is 0 Å². The summed E-state index contributed by atoms with van der Waals surface area (Å²) in [7, 11) is 0. The molecule has 0 aromatic heterocycles. The molecule has 156 valence electrons. The maximum absolute atomic E-state index is 11.7. The Bertz CT molecular complexity index is 434. The number of aliphatic hydroxyl groups excluding tert-OH is 2. The summed E-state index contributed by atoms with van der Waals surface area (Å²) < 4.78 is 0. The van der Waals surface area contributed by atoms with Crippen molar-refractivity contribution in [2.75, 3.05) is 13.2 Å². The van der Waals surface area contributed by atoms with Gasteiger partial charge >= 0.3 is 0 Å². The maximum Gasteiger partial charge on any atom is 0.169 e. The second-order valence-corrected chi connectivity index (χ2v) is 7.11. The fourth-order valence-corrected chi connectivity index (χ4v) is 2.66. The minimum Gasteiger partial charge on any atom is -0.393 e. The number of rotatable bonds is 18. The zero-order valence-corrected chi connectivity index (χ0v) is 17.1. The quantitative estimate of drug-likeness (QED) is 0.239. The highest BCUT2D eigenvalue weighted by molar-refractivity contribution is 5.87. The van der Waals surface area contributed by atoms with E-state index in [-0.39, 0.29) is 6.42 Å². The van der Waals surface area contributed by atoms with E-state index in [4.69, 9.17) is 10.2 Å². The van der Waals surface area contributed by atoms with Crippen LogP contribution in [0.5, 0.6) is 0 Å². The number of aliphatic hydroxyl groups is 3. The smallest absolute Gasteiger partial charge is 0.169 e. The average molecular weight is 381 g/mol. The Morgan fingerprint density at radius 3 is 1.78 bits per heavy atom. The third-order valence-electron chi connectivity index (χ3n) is 4.59. The summed E-state index contributed by atoms with van der Waals surface area (Å²) in [5, 5.41) is 27.5. The molecule has 0 heterocycles. The molecule has 0 amide bonds. The lowest BCUT2D eigenvalue weighted by molar-refractivity contribution is -0.146. The summed E-state index contributed by atoms with van der Waals surface area (Å²) in [6, 6.07) is 0. The molecule has 0 aromatic rings. The van der Waals surface area contributed by atoms with E-state index >= 15 is 0 Å². The lowest BCUT2D eigenvalue weighted by Crippen LogP contribution is -2.45. The number of allylic oxidation sites excluding steroid dienone is 6. The lowest BCUT2D eigenvalue weighted by Gasteiger charge is -2.21. The number of ketones is 1. The first-order valence-corrected chi connectivity index (χ1v) is 10.5. The summed E-state index contributed by atoms with van der Waals surface area (Å²) in [5.74, 6) is -0.506. The highest BCUT2D eigenvalue weighted by atomic mass is 16.4. The first-order valence-electron chi connectivity index (χ1n) is 10.5. The van der Waals surface area contributed by atoms with Crippen molar-refractivity contribution in [3.05, 3.63) is 36.5 Å². The van der Waals surface area contributed by atoms with Crippen molar-refractivity contribution in [2.45, 2.75) is 89.6 Å². The minimum absolute atomic E-state index is 0.154. The normalized spacial score (nSPS) is 12.7. The molecule has 0 atom stereocenters. The highest BCUT2D eigenvalue weighted by Gasteiger charge is 2.33. The van der Waals surface area contributed by atoms with Gasteiger partial charge in [0.05, 0.1) is 13.2 Å². The van der Waals surface area contributed by atoms with E-state index in [0.717, 1.165) is 19.3 Å². The Hall–Kier alpha value is -1.23. The van der Waals surface area contributed by atoms with Crippen molar-refractivity contribution in [2.24, 2.45) is 0 Å². The van der Waals surface area contributed by atoms with Gasteiger partial charge in [-0.25, -0.2) is 0 Å². The van der Waals surface area contributed by atoms with Crippen LogP contribution in [0, 0.1) is 0 Å². The molecule has 0 unspecified atom stereocenters. The predicted octanol–water partition coefficient (Wildman–Crippen LogP) is 4.64. The van der Waals surface area contributed by atoms with Gasteiger partial charge in [0, 0.05) is 6.42 Å². The number of hydrogen-bond acceptors (Lipinski definition) is 4. The molecule has 0 spiro atoms. The lowest BCUT2D eigenvalue weighted by atomic mass is 9.96. The number of Topliss-reactive ketones (excluding diaryl/α,β-unsaturated/α-hetero) is 1. The van der Waals surface area contributed by atoms with E-state index in [2.05, 4.69) is 37.3 Å². The molecule has 0 radical (unpaired) electrons. The molecule has 0 aromatic carbocycles. The van der Waals surface area contributed by atoms with E-state index in [1.54, 1.807) is 0 Å². The molecule has 3 N–H and O–H groups in total. The zero-order valence-electron chi connectivity index (χ0n) is 17.1. The van der Waals surface area contributed by atoms with Crippen LogP contribution in [0.15, 0.2) is 36.5 Å². The summed E-state index contributed by atoms with van der Waals surface area (Å²) >= 11 is 0. The molecule has 0 aliphatic rings. The highest BCUT2D eigenvalue weighted by Crippen LogP contribution is 2.11. The largest absolute Gasteiger partial charge is 0.393 e. The molecule has 0 aliphatic heterocycles. The molecule has 0 rings (SSSR count). The van der Waals surface area contributed by atoms with Crippen LogP contribution in [0.1, 0.15) is 84.0 Å². The van der Waals surface area contributed by atoms with Crippen LogP contribution in [0.4, 0.5) is 0 Å². The van der Waals surface area contributed by atoms with Crippen LogP contribution in [0.3, 0.4) is 0 Å². The monoisotopic (exact) mass is 380 g/mol. The van der Waals surface area contributed by atoms with Gasteiger partial charge in [-0.3, -0.25) is 4.79 Å². The Morgan fingerprint density at radius 2 is 1.22 bits per heavy atom. The molecule has 27 heavy (non-hydrogen) atoms. The van der Waals surface area contributed by atoms with Gasteiger partial charge in [-0.1, -0.05) is 75.5 Å². The van der Waals surface area contributed by atoms with Gasteiger partial charge < -0.3 is 15.3 Å². The third-order valence-corrected chi connectivity index (χ3v) is 4.59. The average Bonchev–Trinajstić information content (AvgIpc) is 2.69. The van der Waals surface area contributed by atoms with Gasteiger partial charge in [-0.05, 0) is 38.5 Å². The van der Waals surface area contributed by atoms with Gasteiger partial charge in [0.15, 0.2) is 11.4 Å². The standard InChI is InChI=1S/C23H40O4/c1-2-3-4-5-6-7-8-9-10-11-12-13-14-15-16-17-18-19-22(26)23(27,20-24)21-25/h9-10,12-13,15-16,24-25,27H,2-8,11,14,17-21H2,1H3/b10-9+,13-12+,16-15+. The van der Waals surface area contributed by atoms with Crippen LogP contribution in [-0.2, 0) is 4.79 Å². The van der Waals surface area contributed by atoms with Crippen LogP contribution in [-0.4, -0.2) is 39.9 Å². The molecule has 0 aliphatic carbocycles. The Balaban J connectivity index is 3.58. The summed E-state index contributed by atoms with van der Waals surface area (Å²) in [5.41, 5.74) is -1.99. The topological polar surface area (TPSA) is 77.8 Å². The van der Waals surface area contributed by atoms with Crippen molar-refractivity contribution < 1.29 is 20.1 Å². The fraction of sp³-hybridized carbons (Fsp3) is 0.696. The number of carbonyl (C=O) groups excluding carboxylic acids is 1. The van der Waals surface area contributed by atoms with Gasteiger partial charge in [0.2, 0.25) is 0 Å². The number of unbranched alkanes of at least 4 members (excludes halogenated alkanes) is 7. The summed E-state index contributed by atoms with van der Waals surface area (Å²) in [6.07, 6.45) is 25.4. The number of carbonyl (C=O) groups is 1. The van der Waals surface area contributed by atoms with Crippen LogP contribution < -0.4 is 0 Å². The molecule has 0 saturated heterocycles. The van der Waals surface area contributed by atoms with Gasteiger partial charge in [-0.2, -0.15) is 0 Å². The van der Waals surface area contributed by atoms with Crippen molar-refractivity contribution >= 4 is 5.78 Å². The minimum atomic E-state index is -1.99. The van der Waals surface area contributed by atoms with E-state index < -0.39 is 24.6 Å². The van der Waals surface area contributed by atoms with Gasteiger partial charge in [0.25, 0.3) is 0 Å². The molecule has 4 heteroatoms. The zero-order chi connectivity index (χ0) is 20.2. The van der Waals surface area contributed by atoms with Gasteiger partial charge in [-0.15, -0.1) is 0 Å². The van der Waals surface area contributed by atoms with Crippen LogP contribution in [0.25, 0.3) is 0 Å². The SMILES string of the molecule is CCCCCCCC/C=C/C/C=C/C/C=C/CCCC(=O)C(O)(CO)CO. The maximum atomic E-state index is 11.7. The first-order chi connectivity index (χ1) is 13.1. The molecule has 0 bridgehead atoms. The van der Waals surface area contributed by atoms with Crippen molar-refractivity contribution in [3.63, 3.8) is 0 Å².